The minimum absolute atomic E-state index is 0.260. The van der Waals surface area contributed by atoms with E-state index in [0.717, 1.165) is 37.8 Å². The SMILES string of the molecule is C[C@H](CCNc1ccc(S(C)(=O)=O)cn1)C1CCNCC1. The average Bonchev–Trinajstić information content (AvgIpc) is 2.47. The van der Waals surface area contributed by atoms with Crippen molar-refractivity contribution in [1.29, 1.82) is 0 Å². The number of sulfone groups is 1. The van der Waals surface area contributed by atoms with Crippen molar-refractivity contribution in [1.82, 2.24) is 10.3 Å². The molecular formula is C15H25N3O2S. The predicted octanol–water partition coefficient (Wildman–Crippen LogP) is 1.92. The smallest absolute Gasteiger partial charge is 0.177 e. The highest BCUT2D eigenvalue weighted by atomic mass is 32.2. The standard InChI is InChI=1S/C15H25N3O2S/c1-12(13-6-8-16-9-7-13)5-10-17-15-4-3-14(11-18-15)21(2,19)20/h3-4,11-13,16H,5-10H2,1-2H3,(H,17,18)/t12-/m1/s1. The number of piperidine rings is 1. The third-order valence-electron chi connectivity index (χ3n) is 4.26. The van der Waals surface area contributed by atoms with Gasteiger partial charge in [0.15, 0.2) is 9.84 Å². The lowest BCUT2D eigenvalue weighted by molar-refractivity contribution is 0.267. The fourth-order valence-electron chi connectivity index (χ4n) is 2.78. The first-order chi connectivity index (χ1) is 9.97. The summed E-state index contributed by atoms with van der Waals surface area (Å²) in [5, 5.41) is 6.67. The molecular weight excluding hydrogens is 286 g/mol. The van der Waals surface area contributed by atoms with Crippen LogP contribution in [0.15, 0.2) is 23.2 Å². The largest absolute Gasteiger partial charge is 0.370 e. The topological polar surface area (TPSA) is 71.1 Å². The van der Waals surface area contributed by atoms with E-state index in [2.05, 4.69) is 22.5 Å². The molecule has 1 aliphatic heterocycles. The second kappa shape index (κ2) is 7.22. The first kappa shape index (κ1) is 16.2. The Morgan fingerprint density at radius 2 is 2.10 bits per heavy atom. The van der Waals surface area contributed by atoms with E-state index in [9.17, 15) is 8.42 Å². The van der Waals surface area contributed by atoms with E-state index in [1.165, 1.54) is 25.3 Å². The van der Waals surface area contributed by atoms with Crippen molar-refractivity contribution in [2.75, 3.05) is 31.2 Å². The molecule has 0 radical (unpaired) electrons. The van der Waals surface area contributed by atoms with Gasteiger partial charge in [-0.15, -0.1) is 0 Å². The molecule has 1 aromatic rings. The number of nitrogens with zero attached hydrogens (tertiary/aromatic N) is 1. The van der Waals surface area contributed by atoms with Gasteiger partial charge in [0.1, 0.15) is 5.82 Å². The minimum Gasteiger partial charge on any atom is -0.370 e. The van der Waals surface area contributed by atoms with Crippen LogP contribution in [0.5, 0.6) is 0 Å². The van der Waals surface area contributed by atoms with Gasteiger partial charge >= 0.3 is 0 Å². The molecule has 0 aliphatic carbocycles. The summed E-state index contributed by atoms with van der Waals surface area (Å²) >= 11 is 0. The fraction of sp³-hybridized carbons (Fsp3) is 0.667. The zero-order valence-corrected chi connectivity index (χ0v) is 13.6. The number of hydrogen-bond acceptors (Lipinski definition) is 5. The van der Waals surface area contributed by atoms with Crippen LogP contribution < -0.4 is 10.6 Å². The normalized spacial score (nSPS) is 18.4. The number of anilines is 1. The summed E-state index contributed by atoms with van der Waals surface area (Å²) in [7, 11) is -3.16. The molecule has 0 amide bonds. The van der Waals surface area contributed by atoms with Gasteiger partial charge in [-0.1, -0.05) is 6.92 Å². The first-order valence-electron chi connectivity index (χ1n) is 7.57. The molecule has 0 spiro atoms. The Hall–Kier alpha value is -1.14. The van der Waals surface area contributed by atoms with Gasteiger partial charge in [-0.3, -0.25) is 0 Å². The van der Waals surface area contributed by atoms with Crippen molar-refractivity contribution >= 4 is 15.7 Å². The molecule has 2 N–H and O–H groups in total. The van der Waals surface area contributed by atoms with Crippen LogP contribution in [0, 0.1) is 11.8 Å². The van der Waals surface area contributed by atoms with E-state index in [0.29, 0.717) is 5.92 Å². The second-order valence-electron chi connectivity index (χ2n) is 5.93. The molecule has 118 valence electrons. The van der Waals surface area contributed by atoms with Gasteiger partial charge in [0.05, 0.1) is 4.90 Å². The minimum atomic E-state index is -3.16. The maximum absolute atomic E-state index is 11.4. The molecule has 1 saturated heterocycles. The van der Waals surface area contributed by atoms with Crippen molar-refractivity contribution in [3.63, 3.8) is 0 Å². The predicted molar refractivity (Wildman–Crippen MR) is 85.2 cm³/mol. The molecule has 1 aliphatic rings. The molecule has 2 heterocycles. The van der Waals surface area contributed by atoms with Crippen molar-refractivity contribution < 1.29 is 8.42 Å². The summed E-state index contributed by atoms with van der Waals surface area (Å²) in [6.45, 7) is 5.46. The molecule has 6 heteroatoms. The van der Waals surface area contributed by atoms with E-state index in [-0.39, 0.29) is 4.90 Å². The van der Waals surface area contributed by atoms with Gasteiger partial charge in [-0.05, 0) is 56.3 Å². The summed E-state index contributed by atoms with van der Waals surface area (Å²) in [6.07, 6.45) is 6.25. The lowest BCUT2D eigenvalue weighted by atomic mass is 9.84. The van der Waals surface area contributed by atoms with Crippen molar-refractivity contribution in [3.05, 3.63) is 18.3 Å². The number of hydrogen-bond donors (Lipinski definition) is 2. The van der Waals surface area contributed by atoms with E-state index in [4.69, 9.17) is 0 Å². The van der Waals surface area contributed by atoms with Gasteiger partial charge < -0.3 is 10.6 Å². The van der Waals surface area contributed by atoms with Crippen LogP contribution in [0.25, 0.3) is 0 Å². The Morgan fingerprint density at radius 1 is 1.38 bits per heavy atom. The van der Waals surface area contributed by atoms with E-state index in [1.54, 1.807) is 12.1 Å². The summed E-state index contributed by atoms with van der Waals surface area (Å²) in [5.74, 6) is 2.25. The number of pyridine rings is 1. The van der Waals surface area contributed by atoms with Crippen LogP contribution in [0.3, 0.4) is 0 Å². The Bertz CT molecular complexity index is 537. The molecule has 0 unspecified atom stereocenters. The third-order valence-corrected chi connectivity index (χ3v) is 5.36. The zero-order valence-electron chi connectivity index (χ0n) is 12.8. The summed E-state index contributed by atoms with van der Waals surface area (Å²) in [6, 6.07) is 3.33. The second-order valence-corrected chi connectivity index (χ2v) is 7.95. The van der Waals surface area contributed by atoms with Gasteiger partial charge in [0, 0.05) is 19.0 Å². The Labute approximate surface area is 127 Å². The molecule has 1 atom stereocenters. The highest BCUT2D eigenvalue weighted by molar-refractivity contribution is 7.90. The number of aromatic nitrogens is 1. The van der Waals surface area contributed by atoms with Gasteiger partial charge in [-0.25, -0.2) is 13.4 Å². The zero-order chi connectivity index (χ0) is 15.3. The quantitative estimate of drug-likeness (QED) is 0.840. The molecule has 0 aromatic carbocycles. The van der Waals surface area contributed by atoms with E-state index < -0.39 is 9.84 Å². The van der Waals surface area contributed by atoms with Gasteiger partial charge in [0.2, 0.25) is 0 Å². The van der Waals surface area contributed by atoms with Crippen LogP contribution in [-0.2, 0) is 9.84 Å². The van der Waals surface area contributed by atoms with Crippen LogP contribution in [0.4, 0.5) is 5.82 Å². The number of rotatable bonds is 6. The molecule has 21 heavy (non-hydrogen) atoms. The highest BCUT2D eigenvalue weighted by Gasteiger charge is 2.19. The lowest BCUT2D eigenvalue weighted by Crippen LogP contribution is -2.31. The molecule has 5 nitrogen and oxygen atoms in total. The Balaban J connectivity index is 1.78. The summed E-state index contributed by atoms with van der Waals surface area (Å²) < 4.78 is 22.7. The van der Waals surface area contributed by atoms with Gasteiger partial charge in [-0.2, -0.15) is 0 Å². The summed E-state index contributed by atoms with van der Waals surface area (Å²) in [5.41, 5.74) is 0. The molecule has 0 bridgehead atoms. The number of nitrogens with one attached hydrogen (secondary N) is 2. The Morgan fingerprint density at radius 3 is 2.67 bits per heavy atom. The van der Waals surface area contributed by atoms with Crippen LogP contribution in [0.1, 0.15) is 26.2 Å². The third kappa shape index (κ3) is 4.97. The average molecular weight is 311 g/mol. The van der Waals surface area contributed by atoms with Gasteiger partial charge in [0.25, 0.3) is 0 Å². The van der Waals surface area contributed by atoms with Crippen LogP contribution >= 0.6 is 0 Å². The van der Waals surface area contributed by atoms with Crippen LogP contribution in [0.2, 0.25) is 0 Å². The molecule has 1 fully saturated rings. The van der Waals surface area contributed by atoms with E-state index >= 15 is 0 Å². The lowest BCUT2D eigenvalue weighted by Gasteiger charge is -2.28. The maximum Gasteiger partial charge on any atom is 0.177 e. The molecule has 1 aromatic heterocycles. The highest BCUT2D eigenvalue weighted by Crippen LogP contribution is 2.24. The monoisotopic (exact) mass is 311 g/mol. The van der Waals surface area contributed by atoms with E-state index in [1.807, 2.05) is 0 Å². The first-order valence-corrected chi connectivity index (χ1v) is 9.46. The van der Waals surface area contributed by atoms with Crippen molar-refractivity contribution in [2.24, 2.45) is 11.8 Å². The van der Waals surface area contributed by atoms with Crippen molar-refractivity contribution in [2.45, 2.75) is 31.1 Å². The Kier molecular flexibility index (Phi) is 5.58. The van der Waals surface area contributed by atoms with Crippen LogP contribution in [-0.4, -0.2) is 39.3 Å². The fourth-order valence-corrected chi connectivity index (χ4v) is 3.34. The van der Waals surface area contributed by atoms with Crippen molar-refractivity contribution in [3.8, 4) is 0 Å². The molecule has 2 rings (SSSR count). The molecule has 0 saturated carbocycles. The summed E-state index contributed by atoms with van der Waals surface area (Å²) in [4.78, 5) is 4.41. The maximum atomic E-state index is 11.4.